The molecule has 0 aromatic heterocycles. The van der Waals surface area contributed by atoms with Crippen LogP contribution in [0.4, 0.5) is 0 Å². The average molecular weight is 274 g/mol. The summed E-state index contributed by atoms with van der Waals surface area (Å²) in [6.07, 6.45) is 6.59. The van der Waals surface area contributed by atoms with E-state index >= 15 is 0 Å². The molecular weight excluding hydrogens is 256 g/mol. The van der Waals surface area contributed by atoms with Crippen molar-refractivity contribution in [1.82, 2.24) is 0 Å². The Kier molecular flexibility index (Phi) is 4.96. The van der Waals surface area contributed by atoms with Crippen LogP contribution in [0.15, 0.2) is 30.9 Å². The first-order chi connectivity index (χ1) is 9.69. The van der Waals surface area contributed by atoms with Gasteiger partial charge in [0.25, 0.3) is 0 Å². The molecule has 2 rings (SSSR count). The summed E-state index contributed by atoms with van der Waals surface area (Å²) in [5.41, 5.74) is 1.56. The first kappa shape index (κ1) is 14.3. The van der Waals surface area contributed by atoms with Gasteiger partial charge in [0.05, 0.1) is 6.10 Å². The second-order valence-corrected chi connectivity index (χ2v) is 4.62. The molecule has 1 heterocycles. The van der Waals surface area contributed by atoms with E-state index in [4.69, 9.17) is 9.47 Å². The van der Waals surface area contributed by atoms with Crippen LogP contribution in [-0.4, -0.2) is 30.4 Å². The third-order valence-corrected chi connectivity index (χ3v) is 3.12. The number of hydrogen-bond acceptors (Lipinski definition) is 4. The van der Waals surface area contributed by atoms with E-state index in [2.05, 4.69) is 6.58 Å². The van der Waals surface area contributed by atoms with Crippen LogP contribution in [0.5, 0.6) is 5.75 Å². The van der Waals surface area contributed by atoms with Gasteiger partial charge in [-0.1, -0.05) is 18.7 Å². The van der Waals surface area contributed by atoms with Gasteiger partial charge in [0.1, 0.15) is 12.4 Å². The number of phenols is 1. The quantitative estimate of drug-likeness (QED) is 0.662. The van der Waals surface area contributed by atoms with Gasteiger partial charge in [-0.15, -0.1) is 0 Å². The highest BCUT2D eigenvalue weighted by Gasteiger charge is 2.16. The van der Waals surface area contributed by atoms with Crippen molar-refractivity contribution >= 4 is 18.1 Å². The normalized spacial score (nSPS) is 18.3. The minimum absolute atomic E-state index is 0.0249. The topological polar surface area (TPSA) is 55.8 Å². The van der Waals surface area contributed by atoms with Crippen molar-refractivity contribution in [1.29, 1.82) is 0 Å². The predicted octanol–water partition coefficient (Wildman–Crippen LogP) is 2.77. The molecule has 0 spiro atoms. The van der Waals surface area contributed by atoms with Gasteiger partial charge in [-0.25, -0.2) is 4.79 Å². The average Bonchev–Trinajstić information content (AvgIpc) is 2.96. The predicted molar refractivity (Wildman–Crippen MR) is 77.2 cm³/mol. The van der Waals surface area contributed by atoms with Crippen LogP contribution < -0.4 is 0 Å². The van der Waals surface area contributed by atoms with Gasteiger partial charge in [-0.2, -0.15) is 0 Å². The number of carbonyl (C=O) groups excluding carboxylic acids is 1. The van der Waals surface area contributed by atoms with Crippen molar-refractivity contribution in [3.05, 3.63) is 42.0 Å². The van der Waals surface area contributed by atoms with E-state index in [1.54, 1.807) is 30.4 Å². The van der Waals surface area contributed by atoms with Crippen LogP contribution in [0.1, 0.15) is 24.0 Å². The zero-order valence-electron chi connectivity index (χ0n) is 11.2. The highest BCUT2D eigenvalue weighted by molar-refractivity contribution is 5.88. The first-order valence-electron chi connectivity index (χ1n) is 6.61. The lowest BCUT2D eigenvalue weighted by Gasteiger charge is -2.08. The summed E-state index contributed by atoms with van der Waals surface area (Å²) in [4.78, 5) is 11.6. The maximum absolute atomic E-state index is 11.6. The molecule has 20 heavy (non-hydrogen) atoms. The molecule has 1 aliphatic heterocycles. The minimum Gasteiger partial charge on any atom is -0.508 e. The molecule has 0 aliphatic carbocycles. The van der Waals surface area contributed by atoms with Crippen molar-refractivity contribution in [2.45, 2.75) is 18.9 Å². The van der Waals surface area contributed by atoms with Crippen LogP contribution >= 0.6 is 0 Å². The lowest BCUT2D eigenvalue weighted by molar-refractivity contribution is -0.140. The molecule has 0 amide bonds. The molecule has 1 atom stereocenters. The molecule has 1 aromatic carbocycles. The summed E-state index contributed by atoms with van der Waals surface area (Å²) in [5.74, 6) is -0.276. The monoisotopic (exact) mass is 274 g/mol. The van der Waals surface area contributed by atoms with Crippen LogP contribution in [0.2, 0.25) is 0 Å². The summed E-state index contributed by atoms with van der Waals surface area (Å²) in [5, 5.41) is 9.44. The molecule has 1 aromatic rings. The summed E-state index contributed by atoms with van der Waals surface area (Å²) >= 11 is 0. The molecule has 0 saturated carbocycles. The molecule has 0 radical (unpaired) electrons. The summed E-state index contributed by atoms with van der Waals surface area (Å²) in [7, 11) is 0. The number of phenolic OH excluding ortho intramolecular Hbond substituents is 1. The Balaban J connectivity index is 1.92. The number of esters is 1. The number of aromatic hydroxyl groups is 1. The zero-order valence-corrected chi connectivity index (χ0v) is 11.2. The molecule has 106 valence electrons. The molecule has 4 heteroatoms. The Morgan fingerprint density at radius 3 is 3.05 bits per heavy atom. The lowest BCUT2D eigenvalue weighted by Crippen LogP contribution is -2.16. The van der Waals surface area contributed by atoms with E-state index in [1.165, 1.54) is 6.08 Å². The summed E-state index contributed by atoms with van der Waals surface area (Å²) < 4.78 is 10.5. The van der Waals surface area contributed by atoms with Crippen LogP contribution in [0.25, 0.3) is 12.2 Å². The molecule has 1 fully saturated rings. The molecule has 4 nitrogen and oxygen atoms in total. The van der Waals surface area contributed by atoms with Crippen LogP contribution in [0, 0.1) is 0 Å². The first-order valence-corrected chi connectivity index (χ1v) is 6.61. The number of ether oxygens (including phenoxy) is 2. The van der Waals surface area contributed by atoms with Gasteiger partial charge in [-0.05, 0) is 42.2 Å². The van der Waals surface area contributed by atoms with Crippen molar-refractivity contribution in [3.8, 4) is 5.75 Å². The highest BCUT2D eigenvalue weighted by atomic mass is 16.6. The smallest absolute Gasteiger partial charge is 0.330 e. The maximum Gasteiger partial charge on any atom is 0.330 e. The standard InChI is InChI=1S/C16H18O4/c1-2-12-5-7-14(17)10-13(12)6-8-16(18)20-11-15-4-3-9-19-15/h2,5-8,10,15,17H,1,3-4,9,11H2. The van der Waals surface area contributed by atoms with Gasteiger partial charge in [0.15, 0.2) is 0 Å². The summed E-state index contributed by atoms with van der Waals surface area (Å²) in [6.45, 7) is 4.72. The molecule has 1 aliphatic rings. The Labute approximate surface area is 118 Å². The van der Waals surface area contributed by atoms with Gasteiger partial charge in [0, 0.05) is 12.7 Å². The van der Waals surface area contributed by atoms with Gasteiger partial charge >= 0.3 is 5.97 Å². The SMILES string of the molecule is C=Cc1ccc(O)cc1C=CC(=O)OCC1CCCO1. The second kappa shape index (κ2) is 6.91. The van der Waals surface area contributed by atoms with E-state index in [1.807, 2.05) is 0 Å². The van der Waals surface area contributed by atoms with Gasteiger partial charge in [-0.3, -0.25) is 0 Å². The van der Waals surface area contributed by atoms with E-state index in [-0.39, 0.29) is 18.5 Å². The lowest BCUT2D eigenvalue weighted by atomic mass is 10.1. The molecule has 0 bridgehead atoms. The number of carbonyl (C=O) groups is 1. The molecule has 1 unspecified atom stereocenters. The Morgan fingerprint density at radius 1 is 1.50 bits per heavy atom. The number of hydrogen-bond donors (Lipinski definition) is 1. The van der Waals surface area contributed by atoms with Crippen molar-refractivity contribution in [3.63, 3.8) is 0 Å². The zero-order chi connectivity index (χ0) is 14.4. The van der Waals surface area contributed by atoms with Gasteiger partial charge < -0.3 is 14.6 Å². The largest absolute Gasteiger partial charge is 0.508 e. The van der Waals surface area contributed by atoms with E-state index in [0.29, 0.717) is 5.56 Å². The van der Waals surface area contributed by atoms with Crippen molar-refractivity contribution < 1.29 is 19.4 Å². The van der Waals surface area contributed by atoms with E-state index in [0.717, 1.165) is 25.0 Å². The fourth-order valence-electron chi connectivity index (χ4n) is 2.05. The molecule has 1 N–H and O–H groups in total. The highest BCUT2D eigenvalue weighted by Crippen LogP contribution is 2.19. The maximum atomic E-state index is 11.6. The minimum atomic E-state index is -0.418. The fourth-order valence-corrected chi connectivity index (χ4v) is 2.05. The number of benzene rings is 1. The summed E-state index contributed by atoms with van der Waals surface area (Å²) in [6, 6.07) is 4.88. The third-order valence-electron chi connectivity index (χ3n) is 3.12. The Morgan fingerprint density at radius 2 is 2.35 bits per heavy atom. The Bertz CT molecular complexity index is 513. The van der Waals surface area contributed by atoms with Crippen molar-refractivity contribution in [2.24, 2.45) is 0 Å². The molecule has 1 saturated heterocycles. The van der Waals surface area contributed by atoms with E-state index in [9.17, 15) is 9.90 Å². The number of rotatable bonds is 5. The second-order valence-electron chi connectivity index (χ2n) is 4.62. The van der Waals surface area contributed by atoms with Crippen LogP contribution in [-0.2, 0) is 14.3 Å². The van der Waals surface area contributed by atoms with Crippen LogP contribution in [0.3, 0.4) is 0 Å². The Hall–Kier alpha value is -2.07. The van der Waals surface area contributed by atoms with Crippen molar-refractivity contribution in [2.75, 3.05) is 13.2 Å². The molecular formula is C16H18O4. The fraction of sp³-hybridized carbons (Fsp3) is 0.312. The van der Waals surface area contributed by atoms with Gasteiger partial charge in [0.2, 0.25) is 0 Å². The van der Waals surface area contributed by atoms with E-state index < -0.39 is 5.97 Å². The third kappa shape index (κ3) is 3.96.